The molecule has 0 spiro atoms. The first-order valence-electron chi connectivity index (χ1n) is 7.01. The van der Waals surface area contributed by atoms with Crippen molar-refractivity contribution in [3.63, 3.8) is 0 Å². The first-order chi connectivity index (χ1) is 9.69. The molecule has 1 aliphatic heterocycles. The van der Waals surface area contributed by atoms with Gasteiger partial charge in [0.15, 0.2) is 0 Å². The van der Waals surface area contributed by atoms with Crippen LogP contribution in [0.4, 0.5) is 11.4 Å². The van der Waals surface area contributed by atoms with Crippen LogP contribution in [0.2, 0.25) is 0 Å². The molecule has 0 atom stereocenters. The molecule has 108 valence electrons. The smallest absolute Gasteiger partial charge is 0.273 e. The van der Waals surface area contributed by atoms with Crippen LogP contribution in [0.25, 0.3) is 0 Å². The van der Waals surface area contributed by atoms with Crippen molar-refractivity contribution < 1.29 is 4.92 Å². The lowest BCUT2D eigenvalue weighted by atomic mass is 10.1. The largest absolute Gasteiger partial charge is 0.369 e. The van der Waals surface area contributed by atoms with Crippen LogP contribution < -0.4 is 4.90 Å². The Hall–Kier alpha value is -1.33. The monoisotopic (exact) mass is 295 g/mol. The van der Waals surface area contributed by atoms with E-state index >= 15 is 0 Å². The summed E-state index contributed by atoms with van der Waals surface area (Å²) in [7, 11) is 0. The molecule has 2 aliphatic rings. The second kappa shape index (κ2) is 5.58. The minimum absolute atomic E-state index is 0.111. The Morgan fingerprint density at radius 2 is 1.95 bits per heavy atom. The third-order valence-corrected chi connectivity index (χ3v) is 4.43. The molecule has 0 radical (unpaired) electrons. The zero-order chi connectivity index (χ0) is 14.1. The van der Waals surface area contributed by atoms with E-state index < -0.39 is 0 Å². The van der Waals surface area contributed by atoms with Crippen LogP contribution in [0.15, 0.2) is 18.2 Å². The van der Waals surface area contributed by atoms with Crippen molar-refractivity contribution >= 4 is 23.0 Å². The number of nitro benzene ring substituents is 1. The van der Waals surface area contributed by atoms with E-state index in [-0.39, 0.29) is 16.5 Å². The Morgan fingerprint density at radius 1 is 1.25 bits per heavy atom. The predicted octanol–water partition coefficient (Wildman–Crippen LogP) is 2.62. The number of piperazine rings is 1. The van der Waals surface area contributed by atoms with Gasteiger partial charge in [-0.15, -0.1) is 11.6 Å². The fourth-order valence-electron chi connectivity index (χ4n) is 2.84. The molecule has 0 unspecified atom stereocenters. The van der Waals surface area contributed by atoms with Gasteiger partial charge in [-0.3, -0.25) is 15.0 Å². The number of hydrogen-bond donors (Lipinski definition) is 0. The number of anilines is 1. The molecule has 0 aromatic heterocycles. The Labute approximate surface area is 123 Å². The molecular weight excluding hydrogens is 278 g/mol. The van der Waals surface area contributed by atoms with Gasteiger partial charge in [0, 0.05) is 49.5 Å². The lowest BCUT2D eigenvalue weighted by Crippen LogP contribution is -2.47. The maximum absolute atomic E-state index is 10.9. The van der Waals surface area contributed by atoms with Crippen LogP contribution >= 0.6 is 11.6 Å². The molecule has 5 nitrogen and oxygen atoms in total. The van der Waals surface area contributed by atoms with Crippen molar-refractivity contribution in [2.75, 3.05) is 31.1 Å². The van der Waals surface area contributed by atoms with Gasteiger partial charge in [-0.05, 0) is 25.0 Å². The number of rotatable bonds is 4. The highest BCUT2D eigenvalue weighted by atomic mass is 35.5. The van der Waals surface area contributed by atoms with Gasteiger partial charge in [-0.2, -0.15) is 0 Å². The molecule has 2 fully saturated rings. The van der Waals surface area contributed by atoms with Gasteiger partial charge in [0.1, 0.15) is 0 Å². The minimum atomic E-state index is -0.369. The summed E-state index contributed by atoms with van der Waals surface area (Å²) < 4.78 is 0. The first-order valence-corrected chi connectivity index (χ1v) is 7.55. The molecule has 0 N–H and O–H groups in total. The summed E-state index contributed by atoms with van der Waals surface area (Å²) in [4.78, 5) is 15.4. The second-order valence-electron chi connectivity index (χ2n) is 5.46. The molecule has 1 saturated carbocycles. The number of halogens is 1. The zero-order valence-corrected chi connectivity index (χ0v) is 12.1. The van der Waals surface area contributed by atoms with Gasteiger partial charge < -0.3 is 4.90 Å². The number of nitrogens with zero attached hydrogens (tertiary/aromatic N) is 3. The van der Waals surface area contributed by atoms with E-state index in [2.05, 4.69) is 9.80 Å². The summed E-state index contributed by atoms with van der Waals surface area (Å²) in [5.74, 6) is 0.173. The molecule has 1 heterocycles. The van der Waals surface area contributed by atoms with Crippen LogP contribution in [0.5, 0.6) is 0 Å². The van der Waals surface area contributed by atoms with Crippen LogP contribution in [0.3, 0.4) is 0 Å². The van der Waals surface area contributed by atoms with Gasteiger partial charge in [-0.1, -0.05) is 0 Å². The highest BCUT2D eigenvalue weighted by Crippen LogP contribution is 2.30. The molecule has 0 bridgehead atoms. The Balaban J connectivity index is 1.72. The van der Waals surface area contributed by atoms with Crippen molar-refractivity contribution in [3.05, 3.63) is 33.9 Å². The number of alkyl halides is 1. The van der Waals surface area contributed by atoms with E-state index in [1.54, 1.807) is 6.07 Å². The summed E-state index contributed by atoms with van der Waals surface area (Å²) in [5.41, 5.74) is 1.75. The summed E-state index contributed by atoms with van der Waals surface area (Å²) in [5, 5.41) is 10.9. The standard InChI is InChI=1S/C14H18ClN3O2/c15-10-11-9-13(3-4-14(11)18(19)20)17-7-5-16(6-8-17)12-1-2-12/h3-4,9,12H,1-2,5-8,10H2. The van der Waals surface area contributed by atoms with E-state index in [1.165, 1.54) is 12.8 Å². The van der Waals surface area contributed by atoms with Crippen molar-refractivity contribution in [1.29, 1.82) is 0 Å². The SMILES string of the molecule is O=[N+]([O-])c1ccc(N2CCN(C3CC3)CC2)cc1CCl. The maximum Gasteiger partial charge on any atom is 0.273 e. The van der Waals surface area contributed by atoms with Gasteiger partial charge in [0.05, 0.1) is 10.8 Å². The second-order valence-corrected chi connectivity index (χ2v) is 5.73. The Bertz CT molecular complexity index is 511. The topological polar surface area (TPSA) is 49.6 Å². The summed E-state index contributed by atoms with van der Waals surface area (Å²) in [6.07, 6.45) is 2.68. The fraction of sp³-hybridized carbons (Fsp3) is 0.571. The fourth-order valence-corrected chi connectivity index (χ4v) is 3.05. The third kappa shape index (κ3) is 2.74. The molecule has 1 saturated heterocycles. The number of benzene rings is 1. The maximum atomic E-state index is 10.9. The van der Waals surface area contributed by atoms with Crippen LogP contribution in [-0.2, 0) is 5.88 Å². The molecule has 1 aromatic rings. The number of nitro groups is 1. The van der Waals surface area contributed by atoms with E-state index in [4.69, 9.17) is 11.6 Å². The van der Waals surface area contributed by atoms with E-state index in [0.717, 1.165) is 37.9 Å². The van der Waals surface area contributed by atoms with Crippen molar-refractivity contribution in [1.82, 2.24) is 4.90 Å². The summed E-state index contributed by atoms with van der Waals surface area (Å²) in [6.45, 7) is 4.13. The summed E-state index contributed by atoms with van der Waals surface area (Å²) in [6, 6.07) is 6.08. The molecule has 6 heteroatoms. The van der Waals surface area contributed by atoms with Crippen LogP contribution in [0, 0.1) is 10.1 Å². The predicted molar refractivity (Wildman–Crippen MR) is 79.5 cm³/mol. The number of hydrogen-bond acceptors (Lipinski definition) is 4. The van der Waals surface area contributed by atoms with Crippen molar-refractivity contribution in [2.24, 2.45) is 0 Å². The molecule has 20 heavy (non-hydrogen) atoms. The van der Waals surface area contributed by atoms with Crippen molar-refractivity contribution in [3.8, 4) is 0 Å². The third-order valence-electron chi connectivity index (χ3n) is 4.15. The van der Waals surface area contributed by atoms with Gasteiger partial charge >= 0.3 is 0 Å². The highest BCUT2D eigenvalue weighted by Gasteiger charge is 2.31. The average Bonchev–Trinajstić information content (AvgIpc) is 3.31. The van der Waals surface area contributed by atoms with Gasteiger partial charge in [-0.25, -0.2) is 0 Å². The van der Waals surface area contributed by atoms with E-state index in [0.29, 0.717) is 5.56 Å². The van der Waals surface area contributed by atoms with Crippen LogP contribution in [0.1, 0.15) is 18.4 Å². The average molecular weight is 296 g/mol. The Morgan fingerprint density at radius 3 is 2.50 bits per heavy atom. The van der Waals surface area contributed by atoms with E-state index in [1.807, 2.05) is 12.1 Å². The normalized spacial score (nSPS) is 20.1. The molecule has 1 aromatic carbocycles. The highest BCUT2D eigenvalue weighted by molar-refractivity contribution is 6.17. The van der Waals surface area contributed by atoms with Gasteiger partial charge in [0.25, 0.3) is 5.69 Å². The van der Waals surface area contributed by atoms with E-state index in [9.17, 15) is 10.1 Å². The van der Waals surface area contributed by atoms with Crippen molar-refractivity contribution in [2.45, 2.75) is 24.8 Å². The molecule has 1 aliphatic carbocycles. The van der Waals surface area contributed by atoms with Gasteiger partial charge in [0.2, 0.25) is 0 Å². The van der Waals surface area contributed by atoms with Crippen LogP contribution in [-0.4, -0.2) is 42.0 Å². The minimum Gasteiger partial charge on any atom is -0.369 e. The lowest BCUT2D eigenvalue weighted by Gasteiger charge is -2.36. The molecule has 0 amide bonds. The lowest BCUT2D eigenvalue weighted by molar-refractivity contribution is -0.385. The first kappa shape index (κ1) is 13.6. The molecule has 3 rings (SSSR count). The molecular formula is C14H18ClN3O2. The quantitative estimate of drug-likeness (QED) is 0.487. The summed E-state index contributed by atoms with van der Waals surface area (Å²) >= 11 is 5.83. The Kier molecular flexibility index (Phi) is 3.81. The zero-order valence-electron chi connectivity index (χ0n) is 11.3.